The molecule has 0 aliphatic rings. The second kappa shape index (κ2) is 13.1. The molecular weight excluding hydrogens is 817 g/mol. The number of carboxylic acid groups (broad SMARTS) is 6. The molecule has 15 heteroatoms. The molecule has 6 N–H and O–H groups in total. The van der Waals surface area contributed by atoms with Crippen LogP contribution in [0.15, 0.2) is 97.1 Å². The summed E-state index contributed by atoms with van der Waals surface area (Å²) in [4.78, 5) is 103. The second-order valence-electron chi connectivity index (χ2n) is 14.9. The van der Waals surface area contributed by atoms with Crippen molar-refractivity contribution < 1.29 is 73.7 Å². The highest BCUT2D eigenvalue weighted by Crippen LogP contribution is 2.46. The fraction of sp³-hybridized carbons (Fsp3) is 0. The van der Waals surface area contributed by atoms with Crippen molar-refractivity contribution in [2.24, 2.45) is 0 Å². The Hall–Kier alpha value is -9.24. The normalized spacial score (nSPS) is 11.7. The van der Waals surface area contributed by atoms with Gasteiger partial charge in [0, 0.05) is 10.8 Å². The van der Waals surface area contributed by atoms with Crippen LogP contribution in [0.3, 0.4) is 0 Å². The average Bonchev–Trinajstić information content (AvgIpc) is 3.25. The molecule has 0 unspecified atom stereocenters. The third kappa shape index (κ3) is 5.26. The number of hydrogen-bond donors (Lipinski definition) is 6. The van der Waals surface area contributed by atoms with Gasteiger partial charge in [-0.15, -0.1) is 0 Å². The summed E-state index contributed by atoms with van der Waals surface area (Å²) in [6.45, 7) is 0. The number of ether oxygens (including phenoxy) is 1. The van der Waals surface area contributed by atoms with Crippen molar-refractivity contribution in [3.05, 3.63) is 142 Å². The van der Waals surface area contributed by atoms with Crippen LogP contribution in [0.4, 0.5) is 0 Å². The molecule has 10 aromatic carbocycles. The summed E-state index contributed by atoms with van der Waals surface area (Å²) in [7, 11) is 0. The summed E-state index contributed by atoms with van der Waals surface area (Å²) in [5.74, 6) is -11.0. The largest absolute Gasteiger partial charge is 0.478 e. The summed E-state index contributed by atoms with van der Waals surface area (Å²) in [6, 6.07) is 21.3. The van der Waals surface area contributed by atoms with Crippen molar-refractivity contribution >= 4 is 134 Å². The number of aromatic carboxylic acids is 6. The fourth-order valence-corrected chi connectivity index (χ4v) is 9.24. The van der Waals surface area contributed by atoms with Crippen molar-refractivity contribution in [3.8, 4) is 0 Å². The van der Waals surface area contributed by atoms with Gasteiger partial charge in [0.1, 0.15) is 0 Å². The van der Waals surface area contributed by atoms with Crippen LogP contribution in [0.5, 0.6) is 0 Å². The molecule has 304 valence electrons. The first-order valence-corrected chi connectivity index (χ1v) is 18.7. The highest BCUT2D eigenvalue weighted by atomic mass is 16.6. The van der Waals surface area contributed by atoms with E-state index in [4.69, 9.17) is 4.74 Å². The van der Waals surface area contributed by atoms with Gasteiger partial charge in [-0.1, -0.05) is 36.4 Å². The fourth-order valence-electron chi connectivity index (χ4n) is 9.24. The molecule has 0 aliphatic heterocycles. The smallest absolute Gasteiger partial charge is 0.346 e. The van der Waals surface area contributed by atoms with E-state index in [2.05, 4.69) is 0 Å². The Balaban J connectivity index is 1.20. The quantitative estimate of drug-likeness (QED) is 0.0361. The van der Waals surface area contributed by atoms with Crippen LogP contribution in [-0.2, 0) is 4.74 Å². The zero-order valence-electron chi connectivity index (χ0n) is 31.6. The maximum atomic E-state index is 14.3. The lowest BCUT2D eigenvalue weighted by molar-refractivity contribution is 0.0398. The maximum Gasteiger partial charge on any atom is 0.346 e. The molecule has 0 saturated heterocycles. The van der Waals surface area contributed by atoms with E-state index in [0.717, 1.165) is 0 Å². The Morgan fingerprint density at radius 1 is 0.270 bits per heavy atom. The molecular formula is C48H22O15. The van der Waals surface area contributed by atoms with Gasteiger partial charge >= 0.3 is 47.8 Å². The van der Waals surface area contributed by atoms with Gasteiger partial charge in [0.25, 0.3) is 0 Å². The molecule has 0 radical (unpaired) electrons. The third-order valence-electron chi connectivity index (χ3n) is 11.8. The number of carbonyl (C=O) groups is 8. The number of fused-ring (bicyclic) bond motifs is 4. The third-order valence-corrected chi connectivity index (χ3v) is 11.8. The molecule has 0 heterocycles. The van der Waals surface area contributed by atoms with Crippen molar-refractivity contribution in [1.29, 1.82) is 0 Å². The molecule has 0 fully saturated rings. The number of carboxylic acids is 6. The van der Waals surface area contributed by atoms with E-state index in [1.54, 1.807) is 0 Å². The molecule has 0 aliphatic carbocycles. The van der Waals surface area contributed by atoms with Crippen molar-refractivity contribution in [2.45, 2.75) is 0 Å². The lowest BCUT2D eigenvalue weighted by atomic mass is 9.84. The monoisotopic (exact) mass is 838 g/mol. The van der Waals surface area contributed by atoms with E-state index in [0.29, 0.717) is 32.3 Å². The summed E-state index contributed by atoms with van der Waals surface area (Å²) in [6.07, 6.45) is 0. The molecule has 15 nitrogen and oxygen atoms in total. The standard InChI is InChI=1S/C48H22O15/c49-41(50)17-13-31-23-3-9-27(45(57)58)39-29(11-5-21(37(23)39)19-1-7-25(43(53)54)33(15-17)35(19)31)47(61)63-48(62)30-12-6-22-20-2-8-26(44(55)56)34-16-18(42(51)52)14-32(36(20)34)24-4-10-28(46(59)60)40(30)38(22)24/h1-16H,(H,49,50)(H,51,52)(H,53,54)(H,55,56)(H,57,58)(H,59,60). The molecule has 0 bridgehead atoms. The van der Waals surface area contributed by atoms with Crippen molar-refractivity contribution in [3.63, 3.8) is 0 Å². The maximum absolute atomic E-state index is 14.3. The summed E-state index contributed by atoms with van der Waals surface area (Å²) >= 11 is 0. The van der Waals surface area contributed by atoms with Crippen LogP contribution >= 0.6 is 0 Å². The predicted octanol–water partition coefficient (Wildman–Crippen LogP) is 8.97. The molecule has 10 rings (SSSR count). The van der Waals surface area contributed by atoms with E-state index >= 15 is 0 Å². The number of carbonyl (C=O) groups excluding carboxylic acids is 2. The Morgan fingerprint density at radius 2 is 0.540 bits per heavy atom. The predicted molar refractivity (Wildman–Crippen MR) is 227 cm³/mol. The molecule has 0 saturated carbocycles. The number of rotatable bonds is 8. The van der Waals surface area contributed by atoms with Crippen LogP contribution in [-0.4, -0.2) is 78.4 Å². The summed E-state index contributed by atoms with van der Waals surface area (Å²) < 4.78 is 5.46. The van der Waals surface area contributed by atoms with Crippen LogP contribution in [0, 0.1) is 0 Å². The van der Waals surface area contributed by atoms with Crippen molar-refractivity contribution in [1.82, 2.24) is 0 Å². The highest BCUT2D eigenvalue weighted by molar-refractivity contribution is 6.39. The first-order chi connectivity index (χ1) is 30.1. The van der Waals surface area contributed by atoms with Gasteiger partial charge < -0.3 is 35.4 Å². The minimum atomic E-state index is -1.47. The van der Waals surface area contributed by atoms with Gasteiger partial charge in [-0.05, 0) is 136 Å². The van der Waals surface area contributed by atoms with Gasteiger partial charge in [0.05, 0.1) is 44.5 Å². The Kier molecular flexibility index (Phi) is 7.92. The zero-order valence-corrected chi connectivity index (χ0v) is 31.6. The van der Waals surface area contributed by atoms with Gasteiger partial charge in [-0.3, -0.25) is 0 Å². The minimum Gasteiger partial charge on any atom is -0.478 e. The van der Waals surface area contributed by atoms with Crippen molar-refractivity contribution in [2.75, 3.05) is 0 Å². The Morgan fingerprint density at radius 3 is 0.857 bits per heavy atom. The van der Waals surface area contributed by atoms with E-state index in [9.17, 15) is 69.0 Å². The molecule has 0 aromatic heterocycles. The van der Waals surface area contributed by atoms with Crippen LogP contribution in [0.2, 0.25) is 0 Å². The summed E-state index contributed by atoms with van der Waals surface area (Å²) in [5, 5.41) is 64.3. The van der Waals surface area contributed by atoms with Gasteiger partial charge in [0.2, 0.25) is 0 Å². The zero-order chi connectivity index (χ0) is 44.5. The van der Waals surface area contributed by atoms with E-state index in [-0.39, 0.29) is 87.2 Å². The molecule has 0 amide bonds. The molecule has 0 atom stereocenters. The Bertz CT molecular complexity index is 3630. The first kappa shape index (κ1) is 38.0. The summed E-state index contributed by atoms with van der Waals surface area (Å²) in [5.41, 5.74) is -2.44. The van der Waals surface area contributed by atoms with E-state index in [1.165, 1.54) is 97.1 Å². The van der Waals surface area contributed by atoms with Crippen LogP contribution in [0.1, 0.15) is 82.9 Å². The Labute approximate surface area is 348 Å². The SMILES string of the molecule is O=C(O)c1cc2c(C(=O)O)ccc3c4ccc(C(=O)OC(=O)c5ccc6c7ccc(C(=O)O)c8cc(C(=O)O)cc(c9ccc(C(=O)O)c5c69)c87)c5c(C(=O)O)ccc(c(c1)c23)c54. The number of esters is 2. The second-order valence-corrected chi connectivity index (χ2v) is 14.9. The highest BCUT2D eigenvalue weighted by Gasteiger charge is 2.29. The number of hydrogen-bond acceptors (Lipinski definition) is 9. The number of benzene rings is 10. The van der Waals surface area contributed by atoms with E-state index in [1.807, 2.05) is 0 Å². The molecule has 0 spiro atoms. The topological polar surface area (TPSA) is 267 Å². The van der Waals surface area contributed by atoms with Crippen LogP contribution < -0.4 is 0 Å². The first-order valence-electron chi connectivity index (χ1n) is 18.7. The van der Waals surface area contributed by atoms with Crippen LogP contribution in [0.25, 0.3) is 86.2 Å². The minimum absolute atomic E-state index is 0.111. The van der Waals surface area contributed by atoms with Gasteiger partial charge in [-0.25, -0.2) is 38.4 Å². The molecule has 63 heavy (non-hydrogen) atoms. The van der Waals surface area contributed by atoms with Gasteiger partial charge in [-0.2, -0.15) is 0 Å². The average molecular weight is 839 g/mol. The lowest BCUT2D eigenvalue weighted by Gasteiger charge is -2.19. The van der Waals surface area contributed by atoms with Gasteiger partial charge in [0.15, 0.2) is 0 Å². The van der Waals surface area contributed by atoms with E-state index < -0.39 is 58.9 Å². The molecule has 10 aromatic rings. The lowest BCUT2D eigenvalue weighted by Crippen LogP contribution is -2.16.